The van der Waals surface area contributed by atoms with Crippen LogP contribution in [0.1, 0.15) is 5.56 Å². The number of esters is 1. The fourth-order valence-electron chi connectivity index (χ4n) is 1.11. The molecule has 0 radical (unpaired) electrons. The molecular weight excluding hydrogens is 253 g/mol. The van der Waals surface area contributed by atoms with Crippen molar-refractivity contribution in [1.29, 1.82) is 0 Å². The number of hydrogen-bond donors (Lipinski definition) is 1. The molecule has 0 heterocycles. The lowest BCUT2D eigenvalue weighted by Crippen LogP contribution is -2.18. The monoisotopic (exact) mass is 261 g/mol. The predicted molar refractivity (Wildman–Crippen MR) is 61.4 cm³/mol. The van der Waals surface area contributed by atoms with E-state index in [1.165, 1.54) is 7.11 Å². The Kier molecular flexibility index (Phi) is 4.58. The number of hydrogen-bond acceptors (Lipinski definition) is 4. The van der Waals surface area contributed by atoms with Gasteiger partial charge in [0, 0.05) is 16.5 Å². The molecule has 0 aliphatic carbocycles. The summed E-state index contributed by atoms with van der Waals surface area (Å²) in [4.78, 5) is 11.1. The van der Waals surface area contributed by atoms with Crippen molar-refractivity contribution in [2.75, 3.05) is 7.11 Å². The number of carbonyl (C=O) groups is 1. The zero-order valence-electron chi connectivity index (χ0n) is 8.41. The summed E-state index contributed by atoms with van der Waals surface area (Å²) in [5.41, 5.74) is 0.510. The van der Waals surface area contributed by atoms with E-state index < -0.39 is 5.97 Å². The van der Waals surface area contributed by atoms with Crippen LogP contribution in [0, 0.1) is 0 Å². The van der Waals surface area contributed by atoms with Gasteiger partial charge in [0.1, 0.15) is 0 Å². The zero-order chi connectivity index (χ0) is 12.1. The van der Waals surface area contributed by atoms with Gasteiger partial charge >= 0.3 is 5.97 Å². The summed E-state index contributed by atoms with van der Waals surface area (Å²) in [6, 6.07) is 4.83. The fourth-order valence-corrected chi connectivity index (χ4v) is 1.59. The van der Waals surface area contributed by atoms with Crippen molar-refractivity contribution < 1.29 is 14.7 Å². The number of methoxy groups -OCH3 is 1. The Labute approximate surface area is 102 Å². The Morgan fingerprint density at radius 1 is 1.50 bits per heavy atom. The van der Waals surface area contributed by atoms with Gasteiger partial charge < -0.3 is 9.94 Å². The molecule has 0 atom stereocenters. The van der Waals surface area contributed by atoms with E-state index in [4.69, 9.17) is 28.4 Å². The van der Waals surface area contributed by atoms with Crippen LogP contribution < -0.4 is 0 Å². The predicted octanol–water partition coefficient (Wildman–Crippen LogP) is 2.54. The Morgan fingerprint density at radius 3 is 2.69 bits per heavy atom. The third-order valence-corrected chi connectivity index (χ3v) is 2.50. The standard InChI is InChI=1S/C10H9Cl2NO3/c1-16-10(14)9(13-15)4-6-2-3-7(11)5-8(6)12/h2-3,5,15H,4H2,1H3/b13-9-. The van der Waals surface area contributed by atoms with Gasteiger partial charge in [-0.25, -0.2) is 4.79 Å². The first-order valence-corrected chi connectivity index (χ1v) is 5.07. The second-order valence-corrected chi connectivity index (χ2v) is 3.79. The van der Waals surface area contributed by atoms with Gasteiger partial charge in [0.2, 0.25) is 0 Å². The number of ether oxygens (including phenoxy) is 1. The molecule has 6 heteroatoms. The molecule has 0 amide bonds. The molecule has 0 unspecified atom stereocenters. The maximum absolute atomic E-state index is 11.1. The minimum atomic E-state index is -0.700. The van der Waals surface area contributed by atoms with Crippen LogP contribution in [0.15, 0.2) is 23.4 Å². The largest absolute Gasteiger partial charge is 0.464 e. The highest BCUT2D eigenvalue weighted by Crippen LogP contribution is 2.21. The average molecular weight is 262 g/mol. The summed E-state index contributed by atoms with van der Waals surface area (Å²) in [7, 11) is 1.21. The Bertz CT molecular complexity index is 432. The molecule has 0 spiro atoms. The lowest BCUT2D eigenvalue weighted by molar-refractivity contribution is -0.132. The van der Waals surface area contributed by atoms with Crippen LogP contribution in [0.5, 0.6) is 0 Å². The Morgan fingerprint density at radius 2 is 2.19 bits per heavy atom. The van der Waals surface area contributed by atoms with Crippen LogP contribution in [0.25, 0.3) is 0 Å². The number of oxime groups is 1. The van der Waals surface area contributed by atoms with Crippen molar-refractivity contribution in [2.24, 2.45) is 5.16 Å². The summed E-state index contributed by atoms with van der Waals surface area (Å²) in [5, 5.41) is 12.4. The molecule has 1 aromatic rings. The Hall–Kier alpha value is -1.26. The smallest absolute Gasteiger partial charge is 0.356 e. The quantitative estimate of drug-likeness (QED) is 0.394. The molecule has 0 fully saturated rings. The van der Waals surface area contributed by atoms with Crippen LogP contribution >= 0.6 is 23.2 Å². The molecule has 16 heavy (non-hydrogen) atoms. The summed E-state index contributed by atoms with van der Waals surface area (Å²) in [5.74, 6) is -0.700. The van der Waals surface area contributed by atoms with Crippen LogP contribution in [0.3, 0.4) is 0 Å². The van der Waals surface area contributed by atoms with E-state index in [1.807, 2.05) is 0 Å². The van der Waals surface area contributed by atoms with Crippen molar-refractivity contribution >= 4 is 34.9 Å². The summed E-state index contributed by atoms with van der Waals surface area (Å²) < 4.78 is 4.44. The van der Waals surface area contributed by atoms with Crippen molar-refractivity contribution in [3.8, 4) is 0 Å². The molecular formula is C10H9Cl2NO3. The molecule has 0 aromatic heterocycles. The maximum atomic E-state index is 11.1. The SMILES string of the molecule is COC(=O)/C(Cc1ccc(Cl)cc1Cl)=N\O. The molecule has 0 bridgehead atoms. The van der Waals surface area contributed by atoms with Crippen LogP contribution in [-0.2, 0) is 16.0 Å². The lowest BCUT2D eigenvalue weighted by atomic mass is 10.1. The first-order valence-electron chi connectivity index (χ1n) is 4.31. The summed E-state index contributed by atoms with van der Waals surface area (Å²) >= 11 is 11.6. The van der Waals surface area contributed by atoms with Gasteiger partial charge in [-0.3, -0.25) is 0 Å². The van der Waals surface area contributed by atoms with Gasteiger partial charge in [-0.15, -0.1) is 0 Å². The first kappa shape index (κ1) is 12.8. The number of halogens is 2. The lowest BCUT2D eigenvalue weighted by Gasteiger charge is -2.05. The minimum absolute atomic E-state index is 0.0825. The zero-order valence-corrected chi connectivity index (χ0v) is 9.92. The highest BCUT2D eigenvalue weighted by Gasteiger charge is 2.15. The van der Waals surface area contributed by atoms with E-state index in [2.05, 4.69) is 9.89 Å². The third-order valence-electron chi connectivity index (χ3n) is 1.91. The van der Waals surface area contributed by atoms with Crippen molar-refractivity contribution in [2.45, 2.75) is 6.42 Å². The highest BCUT2D eigenvalue weighted by atomic mass is 35.5. The molecule has 1 rings (SSSR count). The maximum Gasteiger partial charge on any atom is 0.356 e. The topological polar surface area (TPSA) is 58.9 Å². The fraction of sp³-hybridized carbons (Fsp3) is 0.200. The summed E-state index contributed by atoms with van der Waals surface area (Å²) in [6.07, 6.45) is 0.0825. The highest BCUT2D eigenvalue weighted by molar-refractivity contribution is 6.38. The van der Waals surface area contributed by atoms with Gasteiger partial charge in [0.05, 0.1) is 7.11 Å². The average Bonchev–Trinajstić information content (AvgIpc) is 2.27. The van der Waals surface area contributed by atoms with E-state index in [0.29, 0.717) is 15.6 Å². The molecule has 0 saturated carbocycles. The van der Waals surface area contributed by atoms with E-state index in [9.17, 15) is 4.79 Å². The van der Waals surface area contributed by atoms with Gasteiger partial charge in [-0.05, 0) is 17.7 Å². The van der Waals surface area contributed by atoms with Gasteiger partial charge in [-0.1, -0.05) is 34.4 Å². The van der Waals surface area contributed by atoms with Gasteiger partial charge in [-0.2, -0.15) is 0 Å². The third kappa shape index (κ3) is 3.12. The van der Waals surface area contributed by atoms with Gasteiger partial charge in [0.25, 0.3) is 0 Å². The molecule has 86 valence electrons. The normalized spacial score (nSPS) is 11.3. The van der Waals surface area contributed by atoms with Gasteiger partial charge in [0.15, 0.2) is 5.71 Å². The van der Waals surface area contributed by atoms with Crippen molar-refractivity contribution in [1.82, 2.24) is 0 Å². The van der Waals surface area contributed by atoms with E-state index >= 15 is 0 Å². The molecule has 1 N–H and O–H groups in total. The van der Waals surface area contributed by atoms with Crippen LogP contribution in [-0.4, -0.2) is 24.0 Å². The van der Waals surface area contributed by atoms with E-state index in [-0.39, 0.29) is 12.1 Å². The number of carbonyl (C=O) groups excluding carboxylic acids is 1. The number of rotatable bonds is 3. The van der Waals surface area contributed by atoms with Crippen molar-refractivity contribution in [3.05, 3.63) is 33.8 Å². The molecule has 4 nitrogen and oxygen atoms in total. The van der Waals surface area contributed by atoms with Crippen molar-refractivity contribution in [3.63, 3.8) is 0 Å². The van der Waals surface area contributed by atoms with Crippen LogP contribution in [0.4, 0.5) is 0 Å². The van der Waals surface area contributed by atoms with E-state index in [0.717, 1.165) is 0 Å². The van der Waals surface area contributed by atoms with Crippen LogP contribution in [0.2, 0.25) is 10.0 Å². The molecule has 0 aliphatic heterocycles. The number of benzene rings is 1. The second-order valence-electron chi connectivity index (χ2n) is 2.95. The minimum Gasteiger partial charge on any atom is -0.464 e. The Balaban J connectivity index is 2.91. The first-order chi connectivity index (χ1) is 7.58. The van der Waals surface area contributed by atoms with E-state index in [1.54, 1.807) is 18.2 Å². The number of nitrogens with zero attached hydrogens (tertiary/aromatic N) is 1. The molecule has 0 saturated heterocycles. The second kappa shape index (κ2) is 5.72. The molecule has 0 aliphatic rings. The molecule has 1 aromatic carbocycles. The summed E-state index contributed by atoms with van der Waals surface area (Å²) in [6.45, 7) is 0.